The number of halogens is 2. The molecular formula is C20H19Cl2N3O3. The van der Waals surface area contributed by atoms with Gasteiger partial charge in [-0.05, 0) is 47.9 Å². The van der Waals surface area contributed by atoms with Crippen LogP contribution < -0.4 is 5.48 Å². The molecule has 4 rings (SSSR count). The standard InChI is InChI=1S/C20H19Cl2N3O3/c21-8-10-28-20(26)25-9-7-15-16-11-13(22)3-6-17(16)23-18(15)19(25)12-1-4-14(24-27)5-2-12/h1-6,11,19,23-24,27H,7-10H2. The molecule has 146 valence electrons. The van der Waals surface area contributed by atoms with Crippen LogP contribution in [0.15, 0.2) is 42.5 Å². The van der Waals surface area contributed by atoms with Crippen LogP contribution in [0.1, 0.15) is 22.9 Å². The predicted molar refractivity (Wildman–Crippen MR) is 109 cm³/mol. The first kappa shape index (κ1) is 18.9. The maximum Gasteiger partial charge on any atom is 0.410 e. The summed E-state index contributed by atoms with van der Waals surface area (Å²) in [5.41, 5.74) is 6.66. The third kappa shape index (κ3) is 3.39. The lowest BCUT2D eigenvalue weighted by Crippen LogP contribution is -2.41. The van der Waals surface area contributed by atoms with Crippen molar-refractivity contribution in [2.24, 2.45) is 0 Å². The molecule has 0 aliphatic carbocycles. The molecule has 0 spiro atoms. The number of H-pyrrole nitrogens is 1. The number of ether oxygens (including phenoxy) is 1. The number of anilines is 1. The van der Waals surface area contributed by atoms with E-state index in [1.807, 2.05) is 30.3 Å². The maximum atomic E-state index is 12.7. The van der Waals surface area contributed by atoms with Gasteiger partial charge in [0.2, 0.25) is 0 Å². The van der Waals surface area contributed by atoms with Crippen molar-refractivity contribution in [2.75, 3.05) is 24.5 Å². The highest BCUT2D eigenvalue weighted by atomic mass is 35.5. The lowest BCUT2D eigenvalue weighted by atomic mass is 9.92. The van der Waals surface area contributed by atoms with Crippen molar-refractivity contribution in [3.63, 3.8) is 0 Å². The molecule has 0 saturated heterocycles. The number of hydrogen-bond donors (Lipinski definition) is 3. The summed E-state index contributed by atoms with van der Waals surface area (Å²) in [7, 11) is 0. The predicted octanol–water partition coefficient (Wildman–Crippen LogP) is 4.95. The van der Waals surface area contributed by atoms with Gasteiger partial charge in [-0.1, -0.05) is 23.7 Å². The highest BCUT2D eigenvalue weighted by Gasteiger charge is 2.35. The second-order valence-electron chi connectivity index (χ2n) is 6.59. The molecular weight excluding hydrogens is 401 g/mol. The average Bonchev–Trinajstić information content (AvgIpc) is 3.09. The largest absolute Gasteiger partial charge is 0.448 e. The van der Waals surface area contributed by atoms with Gasteiger partial charge in [0.15, 0.2) is 0 Å². The topological polar surface area (TPSA) is 77.6 Å². The summed E-state index contributed by atoms with van der Waals surface area (Å²) in [6, 6.07) is 12.7. The monoisotopic (exact) mass is 419 g/mol. The van der Waals surface area contributed by atoms with Crippen molar-refractivity contribution in [1.82, 2.24) is 9.88 Å². The van der Waals surface area contributed by atoms with Crippen LogP contribution in [0.25, 0.3) is 10.9 Å². The minimum atomic E-state index is -0.405. The fraction of sp³-hybridized carbons (Fsp3) is 0.250. The summed E-state index contributed by atoms with van der Waals surface area (Å²) in [5, 5.41) is 10.8. The molecule has 2 aromatic carbocycles. The quantitative estimate of drug-likeness (QED) is 0.413. The number of nitrogens with one attached hydrogen (secondary N) is 2. The molecule has 1 aliphatic heterocycles. The zero-order valence-corrected chi connectivity index (χ0v) is 16.4. The second kappa shape index (κ2) is 7.91. The molecule has 0 fully saturated rings. The first-order valence-corrected chi connectivity index (χ1v) is 9.83. The smallest absolute Gasteiger partial charge is 0.410 e. The Balaban J connectivity index is 1.82. The Labute approximate surface area is 172 Å². The van der Waals surface area contributed by atoms with Crippen molar-refractivity contribution in [3.8, 4) is 0 Å². The van der Waals surface area contributed by atoms with Crippen LogP contribution in [0, 0.1) is 0 Å². The molecule has 0 radical (unpaired) electrons. The third-order valence-electron chi connectivity index (χ3n) is 4.98. The lowest BCUT2D eigenvalue weighted by molar-refractivity contribution is 0.0938. The van der Waals surface area contributed by atoms with Crippen LogP contribution in [0.3, 0.4) is 0 Å². The van der Waals surface area contributed by atoms with Gasteiger partial charge in [-0.15, -0.1) is 11.6 Å². The van der Waals surface area contributed by atoms with E-state index in [1.54, 1.807) is 17.0 Å². The van der Waals surface area contributed by atoms with Crippen LogP contribution in [-0.2, 0) is 11.2 Å². The minimum absolute atomic E-state index is 0.159. The number of aromatic nitrogens is 1. The zero-order chi connectivity index (χ0) is 19.7. The molecule has 2 heterocycles. The van der Waals surface area contributed by atoms with E-state index in [1.165, 1.54) is 0 Å². The number of hydrogen-bond acceptors (Lipinski definition) is 4. The number of benzene rings is 2. The van der Waals surface area contributed by atoms with E-state index >= 15 is 0 Å². The van der Waals surface area contributed by atoms with Crippen LogP contribution >= 0.6 is 23.2 Å². The highest BCUT2D eigenvalue weighted by molar-refractivity contribution is 6.31. The van der Waals surface area contributed by atoms with E-state index in [0.29, 0.717) is 23.7 Å². The lowest BCUT2D eigenvalue weighted by Gasteiger charge is -2.35. The molecule has 6 nitrogen and oxygen atoms in total. The number of rotatable bonds is 4. The molecule has 0 bridgehead atoms. The average molecular weight is 420 g/mol. The molecule has 28 heavy (non-hydrogen) atoms. The maximum absolute atomic E-state index is 12.7. The van der Waals surface area contributed by atoms with Gasteiger partial charge >= 0.3 is 6.09 Å². The number of aromatic amines is 1. The molecule has 1 unspecified atom stereocenters. The van der Waals surface area contributed by atoms with Gasteiger partial charge in [0, 0.05) is 28.2 Å². The first-order chi connectivity index (χ1) is 13.6. The van der Waals surface area contributed by atoms with Crippen molar-refractivity contribution in [1.29, 1.82) is 0 Å². The Bertz CT molecular complexity index is 1000. The number of nitrogens with zero attached hydrogens (tertiary/aromatic N) is 1. The third-order valence-corrected chi connectivity index (χ3v) is 5.37. The summed E-state index contributed by atoms with van der Waals surface area (Å²) < 4.78 is 5.30. The SMILES string of the molecule is O=C(OCCCl)N1CCc2c([nH]c3ccc(Cl)cc23)C1c1ccc(NO)cc1. The zero-order valence-electron chi connectivity index (χ0n) is 14.9. The number of fused-ring (bicyclic) bond motifs is 3. The van der Waals surface area contributed by atoms with Crippen molar-refractivity contribution >= 4 is 45.9 Å². The van der Waals surface area contributed by atoms with Gasteiger partial charge in [-0.3, -0.25) is 15.6 Å². The molecule has 1 atom stereocenters. The summed E-state index contributed by atoms with van der Waals surface area (Å²) in [5.74, 6) is 0.247. The Kier molecular flexibility index (Phi) is 5.35. The number of alkyl halides is 1. The Morgan fingerprint density at radius 2 is 2.07 bits per heavy atom. The van der Waals surface area contributed by atoms with Crippen LogP contribution in [0.4, 0.5) is 10.5 Å². The number of carbonyl (C=O) groups is 1. The molecule has 0 saturated carbocycles. The summed E-state index contributed by atoms with van der Waals surface area (Å²) in [6.45, 7) is 0.671. The number of carbonyl (C=O) groups excluding carboxylic acids is 1. The highest BCUT2D eigenvalue weighted by Crippen LogP contribution is 2.39. The van der Waals surface area contributed by atoms with E-state index in [0.717, 1.165) is 27.7 Å². The molecule has 3 N–H and O–H groups in total. The van der Waals surface area contributed by atoms with Crippen molar-refractivity contribution in [2.45, 2.75) is 12.5 Å². The summed E-state index contributed by atoms with van der Waals surface area (Å²) >= 11 is 11.9. The van der Waals surface area contributed by atoms with Gasteiger partial charge in [-0.25, -0.2) is 4.79 Å². The molecule has 3 aromatic rings. The van der Waals surface area contributed by atoms with Crippen molar-refractivity contribution in [3.05, 3.63) is 64.3 Å². The van der Waals surface area contributed by atoms with Gasteiger partial charge < -0.3 is 9.72 Å². The minimum Gasteiger partial charge on any atom is -0.448 e. The molecule has 8 heteroatoms. The normalized spacial score (nSPS) is 16.1. The van der Waals surface area contributed by atoms with Crippen LogP contribution in [-0.4, -0.2) is 40.2 Å². The summed E-state index contributed by atoms with van der Waals surface area (Å²) in [6.07, 6.45) is 0.288. The Hall–Kier alpha value is -2.41. The van der Waals surface area contributed by atoms with E-state index in [4.69, 9.17) is 33.1 Å². The summed E-state index contributed by atoms with van der Waals surface area (Å²) in [4.78, 5) is 17.9. The van der Waals surface area contributed by atoms with Crippen molar-refractivity contribution < 1.29 is 14.7 Å². The fourth-order valence-electron chi connectivity index (χ4n) is 3.75. The van der Waals surface area contributed by atoms with E-state index in [-0.39, 0.29) is 18.5 Å². The van der Waals surface area contributed by atoms with E-state index < -0.39 is 6.09 Å². The Morgan fingerprint density at radius 3 is 2.79 bits per heavy atom. The molecule has 1 aromatic heterocycles. The molecule has 1 amide bonds. The van der Waals surface area contributed by atoms with E-state index in [2.05, 4.69) is 10.5 Å². The van der Waals surface area contributed by atoms with Crippen LogP contribution in [0.2, 0.25) is 5.02 Å². The Morgan fingerprint density at radius 1 is 1.29 bits per heavy atom. The van der Waals surface area contributed by atoms with Gasteiger partial charge in [-0.2, -0.15) is 0 Å². The van der Waals surface area contributed by atoms with Gasteiger partial charge in [0.1, 0.15) is 12.6 Å². The first-order valence-electron chi connectivity index (χ1n) is 8.92. The fourth-order valence-corrected chi connectivity index (χ4v) is 4.00. The van der Waals surface area contributed by atoms with Gasteiger partial charge in [0.05, 0.1) is 11.6 Å². The molecule has 1 aliphatic rings. The number of amides is 1. The van der Waals surface area contributed by atoms with E-state index in [9.17, 15) is 4.79 Å². The second-order valence-corrected chi connectivity index (χ2v) is 7.40. The van der Waals surface area contributed by atoms with Gasteiger partial charge in [0.25, 0.3) is 0 Å². The van der Waals surface area contributed by atoms with Crippen LogP contribution in [0.5, 0.6) is 0 Å².